The second-order valence-electron chi connectivity index (χ2n) is 7.38. The van der Waals surface area contributed by atoms with Gasteiger partial charge in [0.1, 0.15) is 11.9 Å². The molecule has 3 rings (SSSR count). The highest BCUT2D eigenvalue weighted by atomic mass is 35.5. The van der Waals surface area contributed by atoms with E-state index in [1.807, 2.05) is 0 Å². The first-order chi connectivity index (χ1) is 11.9. The summed E-state index contributed by atoms with van der Waals surface area (Å²) in [7, 11) is 0. The van der Waals surface area contributed by atoms with Gasteiger partial charge in [-0.15, -0.1) is 0 Å². The van der Waals surface area contributed by atoms with Crippen LogP contribution in [0.1, 0.15) is 50.5 Å². The Morgan fingerprint density at radius 3 is 2.64 bits per heavy atom. The Kier molecular flexibility index (Phi) is 5.62. The lowest BCUT2D eigenvalue weighted by atomic mass is 9.72. The summed E-state index contributed by atoms with van der Waals surface area (Å²) in [5.41, 5.74) is 0.914. The Balaban J connectivity index is 1.79. The van der Waals surface area contributed by atoms with Crippen molar-refractivity contribution in [3.8, 4) is 0 Å². The van der Waals surface area contributed by atoms with Gasteiger partial charge in [0, 0.05) is 13.0 Å². The van der Waals surface area contributed by atoms with Gasteiger partial charge in [-0.05, 0) is 48.3 Å². The summed E-state index contributed by atoms with van der Waals surface area (Å²) in [6.45, 7) is 2.58. The van der Waals surface area contributed by atoms with Crippen LogP contribution in [-0.4, -0.2) is 24.4 Å². The Hall–Kier alpha value is -1.62. The third-order valence-corrected chi connectivity index (χ3v) is 5.87. The van der Waals surface area contributed by atoms with E-state index >= 15 is 0 Å². The third kappa shape index (κ3) is 4.32. The first-order valence-corrected chi connectivity index (χ1v) is 9.34. The average Bonchev–Trinajstić information content (AvgIpc) is 3.03. The molecule has 1 saturated carbocycles. The van der Waals surface area contributed by atoms with Crippen LogP contribution in [0.15, 0.2) is 18.2 Å². The summed E-state index contributed by atoms with van der Waals surface area (Å²) in [6, 6.07) is 3.99. The van der Waals surface area contributed by atoms with Crippen LogP contribution in [0.3, 0.4) is 0 Å². The van der Waals surface area contributed by atoms with Crippen molar-refractivity contribution in [1.29, 1.82) is 0 Å². The zero-order chi connectivity index (χ0) is 18.0. The van der Waals surface area contributed by atoms with Gasteiger partial charge in [0.15, 0.2) is 5.78 Å². The van der Waals surface area contributed by atoms with E-state index in [1.165, 1.54) is 6.07 Å². The molecule has 2 amide bonds. The van der Waals surface area contributed by atoms with Crippen LogP contribution in [-0.2, 0) is 4.79 Å². The highest BCUT2D eigenvalue weighted by Crippen LogP contribution is 2.41. The van der Waals surface area contributed by atoms with Gasteiger partial charge < -0.3 is 10.6 Å². The Labute approximate surface area is 152 Å². The van der Waals surface area contributed by atoms with Gasteiger partial charge in [0.05, 0.1) is 5.02 Å². The summed E-state index contributed by atoms with van der Waals surface area (Å²) in [4.78, 5) is 24.0. The molecule has 136 valence electrons. The van der Waals surface area contributed by atoms with Crippen LogP contribution in [0.2, 0.25) is 5.02 Å². The minimum Gasteiger partial charge on any atom is -0.336 e. The second-order valence-corrected chi connectivity index (χ2v) is 7.78. The molecule has 1 heterocycles. The van der Waals surface area contributed by atoms with Crippen LogP contribution in [0.4, 0.5) is 9.18 Å². The van der Waals surface area contributed by atoms with E-state index in [1.54, 1.807) is 12.1 Å². The van der Waals surface area contributed by atoms with Gasteiger partial charge in [0.25, 0.3) is 0 Å². The summed E-state index contributed by atoms with van der Waals surface area (Å²) < 4.78 is 13.6. The molecule has 4 nitrogen and oxygen atoms in total. The van der Waals surface area contributed by atoms with Crippen molar-refractivity contribution in [2.24, 2.45) is 11.8 Å². The van der Waals surface area contributed by atoms with E-state index in [0.717, 1.165) is 31.2 Å². The lowest BCUT2D eigenvalue weighted by Gasteiger charge is -2.33. The molecule has 2 N–H and O–H groups in total. The first kappa shape index (κ1) is 18.2. The van der Waals surface area contributed by atoms with Gasteiger partial charge in [-0.25, -0.2) is 9.18 Å². The maximum Gasteiger partial charge on any atom is 0.315 e. The highest BCUT2D eigenvalue weighted by molar-refractivity contribution is 6.30. The number of amides is 2. The number of ketones is 1. The number of nitrogens with one attached hydrogen (secondary N) is 2. The second kappa shape index (κ2) is 7.73. The van der Waals surface area contributed by atoms with Crippen molar-refractivity contribution in [3.63, 3.8) is 0 Å². The molecule has 0 bridgehead atoms. The van der Waals surface area contributed by atoms with Crippen LogP contribution in [0.5, 0.6) is 0 Å². The molecule has 25 heavy (non-hydrogen) atoms. The highest BCUT2D eigenvalue weighted by Gasteiger charge is 2.33. The van der Waals surface area contributed by atoms with Crippen LogP contribution < -0.4 is 10.6 Å². The molecule has 2 atom stereocenters. The number of halogens is 2. The lowest BCUT2D eigenvalue weighted by Crippen LogP contribution is -2.36. The molecule has 0 radical (unpaired) electrons. The number of carbonyl (C=O) groups excluding carboxylic acids is 2. The maximum atomic E-state index is 13.6. The molecular formula is C19H24ClFN2O2. The van der Waals surface area contributed by atoms with Crippen LogP contribution in [0.25, 0.3) is 0 Å². The normalized spacial score (nSPS) is 27.5. The molecule has 1 aromatic carbocycles. The van der Waals surface area contributed by atoms with E-state index in [2.05, 4.69) is 17.6 Å². The molecule has 6 heteroatoms. The summed E-state index contributed by atoms with van der Waals surface area (Å²) in [5, 5.41) is 5.37. The van der Waals surface area contributed by atoms with Gasteiger partial charge in [-0.3, -0.25) is 4.79 Å². The number of rotatable bonds is 5. The average molecular weight is 367 g/mol. The Bertz CT molecular complexity index is 659. The number of carbonyl (C=O) groups is 2. The maximum absolute atomic E-state index is 13.6. The summed E-state index contributed by atoms with van der Waals surface area (Å²) >= 11 is 5.98. The van der Waals surface area contributed by atoms with Crippen molar-refractivity contribution in [3.05, 3.63) is 34.6 Å². The van der Waals surface area contributed by atoms with Crippen molar-refractivity contribution in [2.75, 3.05) is 6.54 Å². The third-order valence-electron chi connectivity index (χ3n) is 5.58. The summed E-state index contributed by atoms with van der Waals surface area (Å²) in [6.07, 6.45) is 4.75. The number of hydrogen-bond acceptors (Lipinski definition) is 2. The molecule has 1 unspecified atom stereocenters. The fraction of sp³-hybridized carbons (Fsp3) is 0.579. The van der Waals surface area contributed by atoms with Crippen molar-refractivity contribution >= 4 is 23.4 Å². The minimum atomic E-state index is -0.478. The van der Waals surface area contributed by atoms with E-state index in [-0.39, 0.29) is 22.8 Å². The Morgan fingerprint density at radius 2 is 2.04 bits per heavy atom. The topological polar surface area (TPSA) is 58.2 Å². The van der Waals surface area contributed by atoms with Gasteiger partial charge in [-0.1, -0.05) is 37.4 Å². The SMILES string of the molecule is CC1CCC(C(CC(=O)[C@@H]2CNC(=O)N2)c2ccc(F)c(Cl)c2)CC1. The van der Waals surface area contributed by atoms with Crippen LogP contribution >= 0.6 is 11.6 Å². The van der Waals surface area contributed by atoms with Gasteiger partial charge >= 0.3 is 6.03 Å². The molecule has 0 spiro atoms. The number of hydrogen-bond donors (Lipinski definition) is 2. The molecule has 2 fully saturated rings. The largest absolute Gasteiger partial charge is 0.336 e. The molecule has 2 aliphatic rings. The van der Waals surface area contributed by atoms with Gasteiger partial charge in [0.2, 0.25) is 0 Å². The predicted molar refractivity (Wildman–Crippen MR) is 95.2 cm³/mol. The summed E-state index contributed by atoms with van der Waals surface area (Å²) in [5.74, 6) is 0.674. The molecule has 1 aliphatic carbocycles. The molecule has 0 aromatic heterocycles. The molecule has 1 aromatic rings. The molecular weight excluding hydrogens is 343 g/mol. The number of benzene rings is 1. The molecule has 1 aliphatic heterocycles. The smallest absolute Gasteiger partial charge is 0.315 e. The quantitative estimate of drug-likeness (QED) is 0.826. The Morgan fingerprint density at radius 1 is 1.32 bits per heavy atom. The lowest BCUT2D eigenvalue weighted by molar-refractivity contribution is -0.121. The molecule has 1 saturated heterocycles. The van der Waals surface area contributed by atoms with Gasteiger partial charge in [-0.2, -0.15) is 0 Å². The minimum absolute atomic E-state index is 0.00982. The van der Waals surface area contributed by atoms with Crippen molar-refractivity contribution in [1.82, 2.24) is 10.6 Å². The first-order valence-electron chi connectivity index (χ1n) is 8.96. The van der Waals surface area contributed by atoms with Crippen LogP contribution in [0, 0.1) is 17.7 Å². The van der Waals surface area contributed by atoms with E-state index in [4.69, 9.17) is 11.6 Å². The number of urea groups is 1. The fourth-order valence-corrected chi connectivity index (χ4v) is 4.19. The van der Waals surface area contributed by atoms with E-state index < -0.39 is 11.9 Å². The zero-order valence-electron chi connectivity index (χ0n) is 14.4. The standard InChI is InChI=1S/C19H24ClFN2O2/c1-11-2-4-12(5-3-11)14(13-6-7-16(21)15(20)8-13)9-18(24)17-10-22-19(25)23-17/h6-8,11-12,14,17H,2-5,9-10H2,1H3,(H2,22,23,25)/t11?,12?,14?,17-/m0/s1. The zero-order valence-corrected chi connectivity index (χ0v) is 15.1. The van der Waals surface area contributed by atoms with Crippen molar-refractivity contribution in [2.45, 2.75) is 51.0 Å². The van der Waals surface area contributed by atoms with Crippen molar-refractivity contribution < 1.29 is 14.0 Å². The predicted octanol–water partition coefficient (Wildman–Crippen LogP) is 4.03. The fourth-order valence-electron chi connectivity index (χ4n) is 4.00. The van der Waals surface area contributed by atoms with E-state index in [0.29, 0.717) is 24.8 Å². The monoisotopic (exact) mass is 366 g/mol. The number of Topliss-reactive ketones (excluding diaryl/α,β-unsaturated/α-hetero) is 1. The van der Waals surface area contributed by atoms with E-state index in [9.17, 15) is 14.0 Å².